The standard InChI is InChI=1S/C15H13BrN2S/c1-17-15(19)18-12-3-5-14-10(8-12)6-9-7-11(16)2-4-13(9)14/h2-5,7-8H,6H2,1H3,(H2,17,18,19). The molecule has 0 aliphatic heterocycles. The monoisotopic (exact) mass is 332 g/mol. The average Bonchev–Trinajstić information content (AvgIpc) is 2.74. The average molecular weight is 333 g/mol. The molecule has 2 N–H and O–H groups in total. The fourth-order valence-corrected chi connectivity index (χ4v) is 2.98. The van der Waals surface area contributed by atoms with Gasteiger partial charge in [-0.2, -0.15) is 0 Å². The van der Waals surface area contributed by atoms with Crippen molar-refractivity contribution in [3.8, 4) is 11.1 Å². The maximum Gasteiger partial charge on any atom is 0.170 e. The minimum atomic E-state index is 0.637. The van der Waals surface area contributed by atoms with Crippen LogP contribution in [0.3, 0.4) is 0 Å². The minimum absolute atomic E-state index is 0.637. The summed E-state index contributed by atoms with van der Waals surface area (Å²) in [6.45, 7) is 0. The van der Waals surface area contributed by atoms with Crippen LogP contribution in [-0.4, -0.2) is 12.2 Å². The molecule has 1 aliphatic carbocycles. The normalized spacial score (nSPS) is 11.7. The molecule has 2 aromatic carbocycles. The van der Waals surface area contributed by atoms with Gasteiger partial charge in [-0.1, -0.05) is 28.1 Å². The van der Waals surface area contributed by atoms with E-state index >= 15 is 0 Å². The van der Waals surface area contributed by atoms with E-state index in [1.54, 1.807) is 0 Å². The van der Waals surface area contributed by atoms with Crippen molar-refractivity contribution in [2.24, 2.45) is 0 Å². The Morgan fingerprint density at radius 2 is 1.79 bits per heavy atom. The lowest BCUT2D eigenvalue weighted by Crippen LogP contribution is -2.24. The highest BCUT2D eigenvalue weighted by atomic mass is 79.9. The predicted octanol–water partition coefficient (Wildman–Crippen LogP) is 3.94. The smallest absolute Gasteiger partial charge is 0.170 e. The Labute approximate surface area is 126 Å². The van der Waals surface area contributed by atoms with E-state index in [2.05, 4.69) is 63.0 Å². The van der Waals surface area contributed by atoms with Crippen LogP contribution in [0.15, 0.2) is 40.9 Å². The molecule has 2 aromatic rings. The fraction of sp³-hybridized carbons (Fsp3) is 0.133. The summed E-state index contributed by atoms with van der Waals surface area (Å²) in [6, 6.07) is 12.9. The van der Waals surface area contributed by atoms with Crippen LogP contribution in [0.4, 0.5) is 5.69 Å². The molecule has 0 heterocycles. The van der Waals surface area contributed by atoms with Crippen LogP contribution in [0.25, 0.3) is 11.1 Å². The van der Waals surface area contributed by atoms with Gasteiger partial charge in [0.2, 0.25) is 0 Å². The summed E-state index contributed by atoms with van der Waals surface area (Å²) in [5, 5.41) is 6.73. The fourth-order valence-electron chi connectivity index (χ4n) is 2.45. The molecule has 0 atom stereocenters. The Bertz CT molecular complexity index is 667. The van der Waals surface area contributed by atoms with Crippen LogP contribution in [-0.2, 0) is 6.42 Å². The van der Waals surface area contributed by atoms with Crippen LogP contribution >= 0.6 is 28.1 Å². The van der Waals surface area contributed by atoms with E-state index in [1.165, 1.54) is 22.3 Å². The van der Waals surface area contributed by atoms with Crippen LogP contribution in [0.5, 0.6) is 0 Å². The van der Waals surface area contributed by atoms with Gasteiger partial charge >= 0.3 is 0 Å². The first-order valence-corrected chi connectivity index (χ1v) is 7.28. The van der Waals surface area contributed by atoms with Crippen molar-refractivity contribution in [2.45, 2.75) is 6.42 Å². The molecule has 19 heavy (non-hydrogen) atoms. The lowest BCUT2D eigenvalue weighted by atomic mass is 10.1. The topological polar surface area (TPSA) is 24.1 Å². The molecule has 0 aromatic heterocycles. The van der Waals surface area contributed by atoms with Gasteiger partial charge in [0.05, 0.1) is 0 Å². The molecule has 4 heteroatoms. The highest BCUT2D eigenvalue weighted by Crippen LogP contribution is 2.38. The summed E-state index contributed by atoms with van der Waals surface area (Å²) in [4.78, 5) is 0. The quantitative estimate of drug-likeness (QED) is 0.660. The Morgan fingerprint density at radius 1 is 1.11 bits per heavy atom. The number of thiocarbonyl (C=S) groups is 1. The maximum absolute atomic E-state index is 5.12. The van der Waals surface area contributed by atoms with Crippen molar-refractivity contribution in [1.82, 2.24) is 5.32 Å². The van der Waals surface area contributed by atoms with E-state index in [1.807, 2.05) is 7.05 Å². The summed E-state index contributed by atoms with van der Waals surface area (Å²) in [5.41, 5.74) is 6.41. The molecule has 0 amide bonds. The number of halogens is 1. The second-order valence-electron chi connectivity index (χ2n) is 4.55. The second kappa shape index (κ2) is 4.94. The molecular weight excluding hydrogens is 320 g/mol. The number of benzene rings is 2. The third-order valence-corrected chi connectivity index (χ3v) is 4.13. The van der Waals surface area contributed by atoms with Gasteiger partial charge in [0, 0.05) is 17.2 Å². The van der Waals surface area contributed by atoms with Gasteiger partial charge in [-0.3, -0.25) is 0 Å². The van der Waals surface area contributed by atoms with Crippen LogP contribution in [0.1, 0.15) is 11.1 Å². The first-order valence-electron chi connectivity index (χ1n) is 6.08. The van der Waals surface area contributed by atoms with Crippen molar-refractivity contribution in [3.05, 3.63) is 52.0 Å². The van der Waals surface area contributed by atoms with Crippen LogP contribution in [0, 0.1) is 0 Å². The molecule has 0 fully saturated rings. The lowest BCUT2D eigenvalue weighted by Gasteiger charge is -2.09. The molecule has 0 bridgehead atoms. The Balaban J connectivity index is 1.96. The summed E-state index contributed by atoms with van der Waals surface area (Å²) >= 11 is 8.65. The van der Waals surface area contributed by atoms with Gasteiger partial charge in [0.15, 0.2) is 5.11 Å². The zero-order chi connectivity index (χ0) is 13.4. The van der Waals surface area contributed by atoms with E-state index in [9.17, 15) is 0 Å². The zero-order valence-electron chi connectivity index (χ0n) is 10.5. The molecule has 0 saturated heterocycles. The molecule has 3 rings (SSSR count). The number of nitrogens with one attached hydrogen (secondary N) is 2. The molecule has 2 nitrogen and oxygen atoms in total. The summed E-state index contributed by atoms with van der Waals surface area (Å²) in [7, 11) is 1.82. The number of anilines is 1. The van der Waals surface area contributed by atoms with E-state index in [4.69, 9.17) is 12.2 Å². The number of hydrogen-bond donors (Lipinski definition) is 2. The Kier molecular flexibility index (Phi) is 3.29. The highest BCUT2D eigenvalue weighted by molar-refractivity contribution is 9.10. The number of fused-ring (bicyclic) bond motifs is 3. The largest absolute Gasteiger partial charge is 0.366 e. The lowest BCUT2D eigenvalue weighted by molar-refractivity contribution is 1.19. The Morgan fingerprint density at radius 3 is 2.53 bits per heavy atom. The van der Waals surface area contributed by atoms with Gasteiger partial charge in [-0.25, -0.2) is 0 Å². The molecular formula is C15H13BrN2S. The van der Waals surface area contributed by atoms with Gasteiger partial charge in [0.25, 0.3) is 0 Å². The molecule has 0 saturated carbocycles. The zero-order valence-corrected chi connectivity index (χ0v) is 12.9. The first-order chi connectivity index (χ1) is 9.17. The van der Waals surface area contributed by atoms with Crippen LogP contribution < -0.4 is 10.6 Å². The van der Waals surface area contributed by atoms with Crippen molar-refractivity contribution >= 4 is 38.9 Å². The van der Waals surface area contributed by atoms with E-state index < -0.39 is 0 Å². The molecule has 0 radical (unpaired) electrons. The Hall–Kier alpha value is -1.39. The third-order valence-electron chi connectivity index (χ3n) is 3.33. The van der Waals surface area contributed by atoms with Crippen molar-refractivity contribution in [2.75, 3.05) is 12.4 Å². The predicted molar refractivity (Wildman–Crippen MR) is 87.7 cm³/mol. The van der Waals surface area contributed by atoms with Crippen LogP contribution in [0.2, 0.25) is 0 Å². The SMILES string of the molecule is CNC(=S)Nc1ccc2c(c1)Cc1cc(Br)ccc1-2. The maximum atomic E-state index is 5.12. The molecule has 96 valence electrons. The second-order valence-corrected chi connectivity index (χ2v) is 5.88. The van der Waals surface area contributed by atoms with Crippen molar-refractivity contribution < 1.29 is 0 Å². The third kappa shape index (κ3) is 2.38. The number of rotatable bonds is 1. The van der Waals surface area contributed by atoms with Crippen molar-refractivity contribution in [1.29, 1.82) is 0 Å². The van der Waals surface area contributed by atoms with Gasteiger partial charge in [0.1, 0.15) is 0 Å². The molecule has 1 aliphatic rings. The number of hydrogen-bond acceptors (Lipinski definition) is 1. The summed E-state index contributed by atoms with van der Waals surface area (Å²) in [5.74, 6) is 0. The van der Waals surface area contributed by atoms with Crippen molar-refractivity contribution in [3.63, 3.8) is 0 Å². The summed E-state index contributed by atoms with van der Waals surface area (Å²) < 4.78 is 1.13. The summed E-state index contributed by atoms with van der Waals surface area (Å²) in [6.07, 6.45) is 0.978. The van der Waals surface area contributed by atoms with Gasteiger partial charge in [-0.15, -0.1) is 0 Å². The van der Waals surface area contributed by atoms with Gasteiger partial charge < -0.3 is 10.6 Å². The minimum Gasteiger partial charge on any atom is -0.366 e. The first kappa shape index (κ1) is 12.6. The molecule has 0 unspecified atom stereocenters. The van der Waals surface area contributed by atoms with E-state index in [0.29, 0.717) is 5.11 Å². The highest BCUT2D eigenvalue weighted by Gasteiger charge is 2.18. The van der Waals surface area contributed by atoms with E-state index in [-0.39, 0.29) is 0 Å². The van der Waals surface area contributed by atoms with E-state index in [0.717, 1.165) is 16.6 Å². The molecule has 0 spiro atoms. The van der Waals surface area contributed by atoms with Gasteiger partial charge in [-0.05, 0) is 65.2 Å².